The molecule has 3 rings (SSSR count). The first-order valence-electron chi connectivity index (χ1n) is 9.56. The number of amides is 2. The Balaban J connectivity index is 1.77. The van der Waals surface area contributed by atoms with Crippen molar-refractivity contribution in [2.24, 2.45) is 4.99 Å². The molecule has 158 valence electrons. The molecule has 0 saturated carbocycles. The first-order chi connectivity index (χ1) is 13.7. The van der Waals surface area contributed by atoms with Crippen LogP contribution in [0.4, 0.5) is 0 Å². The van der Waals surface area contributed by atoms with E-state index in [0.717, 1.165) is 34.0 Å². The molecule has 0 spiro atoms. The number of hydrogen-bond donors (Lipinski definition) is 0. The molecule has 1 aliphatic rings. The number of likely N-dealkylation sites (tertiary alicyclic amines) is 1. The smallest absolute Gasteiger partial charge is 0.263 e. The Labute approximate surface area is 182 Å². The Bertz CT molecular complexity index is 1100. The van der Waals surface area contributed by atoms with E-state index in [1.165, 1.54) is 11.3 Å². The summed E-state index contributed by atoms with van der Waals surface area (Å²) in [5, 5.41) is 0. The number of fused-ring (bicyclic) bond motifs is 1. The zero-order chi connectivity index (χ0) is 21.2. The van der Waals surface area contributed by atoms with E-state index in [9.17, 15) is 18.0 Å². The number of thiazole rings is 1. The van der Waals surface area contributed by atoms with Crippen LogP contribution in [-0.2, 0) is 26.0 Å². The number of hydrogen-bond acceptors (Lipinski definition) is 5. The summed E-state index contributed by atoms with van der Waals surface area (Å²) >= 11 is 4.75. The van der Waals surface area contributed by atoms with Gasteiger partial charge in [-0.25, -0.2) is 8.42 Å². The van der Waals surface area contributed by atoms with Crippen LogP contribution in [0.15, 0.2) is 27.7 Å². The molecule has 1 atom stereocenters. The molecule has 1 aromatic heterocycles. The maximum atomic E-state index is 12.4. The molecule has 2 aromatic rings. The van der Waals surface area contributed by atoms with Crippen LogP contribution in [0.5, 0.6) is 0 Å². The molecule has 7 nitrogen and oxygen atoms in total. The fourth-order valence-electron chi connectivity index (χ4n) is 3.56. The van der Waals surface area contributed by atoms with Gasteiger partial charge in [0.2, 0.25) is 5.91 Å². The molecular weight excluding hydrogens is 478 g/mol. The number of rotatable bonds is 5. The molecular formula is C19H24BrN3O4S2. The van der Waals surface area contributed by atoms with E-state index < -0.39 is 33.2 Å². The van der Waals surface area contributed by atoms with Crippen molar-refractivity contribution in [3.05, 3.63) is 27.5 Å². The maximum Gasteiger partial charge on any atom is 0.263 e. The topological polar surface area (TPSA) is 88.8 Å². The minimum absolute atomic E-state index is 0.0354. The van der Waals surface area contributed by atoms with Crippen molar-refractivity contribution in [1.29, 1.82) is 0 Å². The number of carbonyl (C=O) groups is 2. The van der Waals surface area contributed by atoms with E-state index in [0.29, 0.717) is 17.9 Å². The fourth-order valence-corrected chi connectivity index (χ4v) is 6.30. The third-order valence-corrected chi connectivity index (χ3v) is 7.90. The van der Waals surface area contributed by atoms with Gasteiger partial charge in [-0.05, 0) is 51.3 Å². The van der Waals surface area contributed by atoms with Gasteiger partial charge in [0.1, 0.15) is 11.5 Å². The number of aromatic nitrogens is 1. The van der Waals surface area contributed by atoms with Gasteiger partial charge in [0, 0.05) is 23.6 Å². The Morgan fingerprint density at radius 3 is 2.72 bits per heavy atom. The van der Waals surface area contributed by atoms with Gasteiger partial charge >= 0.3 is 0 Å². The van der Waals surface area contributed by atoms with Crippen LogP contribution in [0.3, 0.4) is 0 Å². The van der Waals surface area contributed by atoms with Crippen molar-refractivity contribution >= 4 is 59.1 Å². The molecule has 1 fully saturated rings. The predicted octanol–water partition coefficient (Wildman–Crippen LogP) is 2.73. The molecule has 10 heteroatoms. The molecule has 29 heavy (non-hydrogen) atoms. The highest BCUT2D eigenvalue weighted by atomic mass is 79.9. The van der Waals surface area contributed by atoms with Gasteiger partial charge in [-0.15, -0.1) is 0 Å². The molecule has 0 radical (unpaired) electrons. The van der Waals surface area contributed by atoms with E-state index in [2.05, 4.69) is 20.9 Å². The van der Waals surface area contributed by atoms with Crippen molar-refractivity contribution in [1.82, 2.24) is 9.47 Å². The van der Waals surface area contributed by atoms with Crippen LogP contribution < -0.4 is 4.80 Å². The lowest BCUT2D eigenvalue weighted by Crippen LogP contribution is -2.45. The number of carbonyl (C=O) groups excluding carboxylic acids is 2. The van der Waals surface area contributed by atoms with Gasteiger partial charge in [0.05, 0.1) is 10.2 Å². The van der Waals surface area contributed by atoms with Crippen molar-refractivity contribution < 1.29 is 18.0 Å². The fraction of sp³-hybridized carbons (Fsp3) is 0.526. The second-order valence-electron chi connectivity index (χ2n) is 7.21. The van der Waals surface area contributed by atoms with Crippen LogP contribution in [0, 0.1) is 0 Å². The highest BCUT2D eigenvalue weighted by Gasteiger charge is 2.28. The molecule has 1 unspecified atom stereocenters. The third kappa shape index (κ3) is 5.35. The highest BCUT2D eigenvalue weighted by molar-refractivity contribution is 9.10. The van der Waals surface area contributed by atoms with Crippen molar-refractivity contribution in [2.75, 3.05) is 18.1 Å². The Kier molecular flexibility index (Phi) is 6.95. The second-order valence-corrected chi connectivity index (χ2v) is 11.2. The summed E-state index contributed by atoms with van der Waals surface area (Å²) in [5.41, 5.74) is 0.935. The normalized spacial score (nSPS) is 18.4. The van der Waals surface area contributed by atoms with Gasteiger partial charge in [-0.3, -0.25) is 9.59 Å². The summed E-state index contributed by atoms with van der Waals surface area (Å²) in [6.45, 7) is 5.04. The zero-order valence-corrected chi connectivity index (χ0v) is 19.6. The van der Waals surface area contributed by atoms with E-state index >= 15 is 0 Å². The van der Waals surface area contributed by atoms with Crippen LogP contribution in [0.2, 0.25) is 0 Å². The monoisotopic (exact) mass is 501 g/mol. The number of nitrogens with zero attached hydrogens (tertiary/aromatic N) is 3. The Hall–Kier alpha value is -1.52. The average Bonchev–Trinajstić information content (AvgIpc) is 2.96. The number of piperidine rings is 1. The molecule has 1 aromatic carbocycles. The van der Waals surface area contributed by atoms with Gasteiger partial charge in [-0.1, -0.05) is 27.3 Å². The first kappa shape index (κ1) is 22.2. The van der Waals surface area contributed by atoms with Crippen molar-refractivity contribution in [3.8, 4) is 0 Å². The average molecular weight is 502 g/mol. The summed E-state index contributed by atoms with van der Waals surface area (Å²) in [4.78, 5) is 30.9. The Morgan fingerprint density at radius 1 is 1.28 bits per heavy atom. The summed E-state index contributed by atoms with van der Waals surface area (Å²) in [7, 11) is -3.88. The van der Waals surface area contributed by atoms with E-state index in [4.69, 9.17) is 0 Å². The molecule has 0 aliphatic carbocycles. The number of aryl methyl sites for hydroxylation is 1. The Morgan fingerprint density at radius 2 is 2.03 bits per heavy atom. The zero-order valence-electron chi connectivity index (χ0n) is 16.4. The standard InChI is InChI=1S/C19H24BrN3O4S2/c1-3-22-15-8-7-14(20)10-16(15)28-19(22)21-17(24)11-29(26,27)12-18(25)23-9-5-4-6-13(23)2/h7-8,10,13H,3-6,9,11-12H2,1-2H3. The predicted molar refractivity (Wildman–Crippen MR) is 117 cm³/mol. The van der Waals surface area contributed by atoms with Gasteiger partial charge in [-0.2, -0.15) is 4.99 Å². The third-order valence-electron chi connectivity index (χ3n) is 4.99. The van der Waals surface area contributed by atoms with Crippen molar-refractivity contribution in [3.63, 3.8) is 0 Å². The van der Waals surface area contributed by atoms with Crippen molar-refractivity contribution in [2.45, 2.75) is 45.7 Å². The molecule has 2 amide bonds. The quantitative estimate of drug-likeness (QED) is 0.629. The molecule has 1 aliphatic heterocycles. The SMILES string of the molecule is CCn1c(=NC(=O)CS(=O)(=O)CC(=O)N2CCCCC2C)sc2cc(Br)ccc21. The summed E-state index contributed by atoms with van der Waals surface area (Å²) in [5.74, 6) is -2.59. The summed E-state index contributed by atoms with van der Waals surface area (Å²) < 4.78 is 28.6. The molecule has 0 N–H and O–H groups in total. The minimum Gasteiger partial charge on any atom is -0.339 e. The molecule has 0 bridgehead atoms. The van der Waals surface area contributed by atoms with Crippen LogP contribution in [0.25, 0.3) is 10.2 Å². The van der Waals surface area contributed by atoms with Crippen LogP contribution >= 0.6 is 27.3 Å². The lowest BCUT2D eigenvalue weighted by atomic mass is 10.0. The largest absolute Gasteiger partial charge is 0.339 e. The molecule has 2 heterocycles. The first-order valence-corrected chi connectivity index (χ1v) is 13.0. The van der Waals surface area contributed by atoms with Crippen LogP contribution in [-0.4, -0.2) is 53.8 Å². The number of sulfone groups is 1. The summed E-state index contributed by atoms with van der Waals surface area (Å²) in [6, 6.07) is 5.81. The lowest BCUT2D eigenvalue weighted by molar-refractivity contribution is -0.131. The van der Waals surface area contributed by atoms with Gasteiger partial charge in [0.15, 0.2) is 14.6 Å². The second kappa shape index (κ2) is 9.09. The van der Waals surface area contributed by atoms with E-state index in [1.807, 2.05) is 36.6 Å². The highest BCUT2D eigenvalue weighted by Crippen LogP contribution is 2.22. The van der Waals surface area contributed by atoms with E-state index in [1.54, 1.807) is 4.90 Å². The van der Waals surface area contributed by atoms with Gasteiger partial charge in [0.25, 0.3) is 5.91 Å². The molecule has 1 saturated heterocycles. The van der Waals surface area contributed by atoms with E-state index in [-0.39, 0.29) is 6.04 Å². The number of benzene rings is 1. The minimum atomic E-state index is -3.88. The number of halogens is 1. The summed E-state index contributed by atoms with van der Waals surface area (Å²) in [6.07, 6.45) is 2.79. The van der Waals surface area contributed by atoms with Crippen LogP contribution in [0.1, 0.15) is 33.1 Å². The lowest BCUT2D eigenvalue weighted by Gasteiger charge is -2.33. The maximum absolute atomic E-state index is 12.4. The van der Waals surface area contributed by atoms with Gasteiger partial charge < -0.3 is 9.47 Å².